The van der Waals surface area contributed by atoms with E-state index in [9.17, 15) is 9.59 Å². The van der Waals surface area contributed by atoms with E-state index in [4.69, 9.17) is 4.74 Å². The number of hydrogen-bond donors (Lipinski definition) is 0. The second-order valence-electron chi connectivity index (χ2n) is 4.77. The average molecular weight is 247 g/mol. The monoisotopic (exact) mass is 247 g/mol. The summed E-state index contributed by atoms with van der Waals surface area (Å²) in [6.07, 6.45) is 0.429. The van der Waals surface area contributed by atoms with Gasteiger partial charge in [-0.1, -0.05) is 18.2 Å². The molecule has 1 amide bonds. The second kappa shape index (κ2) is 4.44. The molecular formula is C14H17NO3. The molecule has 0 bridgehead atoms. The van der Waals surface area contributed by atoms with Crippen molar-refractivity contribution in [1.82, 2.24) is 4.90 Å². The molecule has 0 spiro atoms. The minimum absolute atomic E-state index is 0.159. The highest BCUT2D eigenvalue weighted by molar-refractivity contribution is 5.97. The van der Waals surface area contributed by atoms with E-state index < -0.39 is 11.6 Å². The second-order valence-corrected chi connectivity index (χ2v) is 4.77. The fourth-order valence-electron chi connectivity index (χ4n) is 2.20. The molecule has 0 radical (unpaired) electrons. The number of hydrogen-bond acceptors (Lipinski definition) is 3. The number of likely N-dealkylation sites (N-methyl/N-ethyl adjacent to an activating group) is 1. The van der Waals surface area contributed by atoms with Gasteiger partial charge in [-0.05, 0) is 25.5 Å². The molecule has 1 atom stereocenters. The van der Waals surface area contributed by atoms with Crippen molar-refractivity contribution in [2.24, 2.45) is 0 Å². The summed E-state index contributed by atoms with van der Waals surface area (Å²) in [6.45, 7) is 4.16. The fourth-order valence-corrected chi connectivity index (χ4v) is 2.20. The summed E-state index contributed by atoms with van der Waals surface area (Å²) in [6, 6.07) is 7.26. The summed E-state index contributed by atoms with van der Waals surface area (Å²) in [5.41, 5.74) is 0.340. The van der Waals surface area contributed by atoms with Gasteiger partial charge in [0.05, 0.1) is 5.56 Å². The third-order valence-electron chi connectivity index (χ3n) is 3.36. The third kappa shape index (κ3) is 1.98. The van der Waals surface area contributed by atoms with Crippen LogP contribution in [0.4, 0.5) is 0 Å². The maximum absolute atomic E-state index is 12.3. The molecule has 4 nitrogen and oxygen atoms in total. The van der Waals surface area contributed by atoms with Gasteiger partial charge in [-0.25, -0.2) is 4.79 Å². The molecule has 4 heteroatoms. The summed E-state index contributed by atoms with van der Waals surface area (Å²) < 4.78 is 5.35. The van der Waals surface area contributed by atoms with Gasteiger partial charge in [-0.15, -0.1) is 0 Å². The number of cyclic esters (lactones) is 1. The van der Waals surface area contributed by atoms with Gasteiger partial charge in [0.2, 0.25) is 0 Å². The van der Waals surface area contributed by atoms with Crippen LogP contribution in [0, 0.1) is 0 Å². The number of esters is 1. The third-order valence-corrected chi connectivity index (χ3v) is 3.36. The van der Waals surface area contributed by atoms with Gasteiger partial charge in [0.1, 0.15) is 0 Å². The maximum Gasteiger partial charge on any atom is 0.339 e. The zero-order valence-electron chi connectivity index (χ0n) is 10.9. The van der Waals surface area contributed by atoms with Crippen molar-refractivity contribution in [3.8, 4) is 0 Å². The van der Waals surface area contributed by atoms with Gasteiger partial charge in [-0.3, -0.25) is 4.79 Å². The zero-order valence-corrected chi connectivity index (χ0v) is 10.9. The average Bonchev–Trinajstić information content (AvgIpc) is 2.36. The molecule has 18 heavy (non-hydrogen) atoms. The van der Waals surface area contributed by atoms with Crippen LogP contribution in [0.2, 0.25) is 0 Å². The van der Waals surface area contributed by atoms with Crippen LogP contribution in [0.3, 0.4) is 0 Å². The Labute approximate surface area is 107 Å². The Kier molecular flexibility index (Phi) is 3.11. The molecule has 1 aliphatic heterocycles. The number of rotatable bonds is 2. The lowest BCUT2D eigenvalue weighted by atomic mass is 9.89. The van der Waals surface area contributed by atoms with Crippen molar-refractivity contribution in [2.45, 2.75) is 25.9 Å². The van der Waals surface area contributed by atoms with Gasteiger partial charge < -0.3 is 9.64 Å². The van der Waals surface area contributed by atoms with E-state index in [1.165, 1.54) is 0 Å². The van der Waals surface area contributed by atoms with Gasteiger partial charge >= 0.3 is 5.97 Å². The van der Waals surface area contributed by atoms with E-state index in [1.54, 1.807) is 31.0 Å². The fraction of sp³-hybridized carbons (Fsp3) is 0.429. The van der Waals surface area contributed by atoms with Crippen LogP contribution in [-0.4, -0.2) is 36.0 Å². The van der Waals surface area contributed by atoms with Crippen molar-refractivity contribution in [2.75, 3.05) is 13.6 Å². The minimum Gasteiger partial charge on any atom is -0.445 e. The molecule has 1 aliphatic rings. The first kappa shape index (κ1) is 12.6. The molecule has 1 heterocycles. The molecule has 0 fully saturated rings. The quantitative estimate of drug-likeness (QED) is 0.746. The van der Waals surface area contributed by atoms with Crippen molar-refractivity contribution in [1.29, 1.82) is 0 Å². The van der Waals surface area contributed by atoms with Crippen LogP contribution in [-0.2, 0) is 16.0 Å². The highest BCUT2D eigenvalue weighted by atomic mass is 16.6. The van der Waals surface area contributed by atoms with Crippen molar-refractivity contribution in [3.63, 3.8) is 0 Å². The van der Waals surface area contributed by atoms with Gasteiger partial charge in [0.25, 0.3) is 5.91 Å². The predicted molar refractivity (Wildman–Crippen MR) is 67.3 cm³/mol. The molecule has 0 saturated carbocycles. The van der Waals surface area contributed by atoms with Crippen LogP contribution in [0.5, 0.6) is 0 Å². The first-order chi connectivity index (χ1) is 8.48. The van der Waals surface area contributed by atoms with Crippen LogP contribution in [0.1, 0.15) is 29.8 Å². The van der Waals surface area contributed by atoms with Crippen molar-refractivity contribution >= 4 is 11.9 Å². The summed E-state index contributed by atoms with van der Waals surface area (Å²) in [5.74, 6) is -0.579. The van der Waals surface area contributed by atoms with E-state index in [0.717, 1.165) is 5.56 Å². The number of amides is 1. The molecule has 0 saturated heterocycles. The molecule has 1 aromatic rings. The molecule has 0 aromatic heterocycles. The van der Waals surface area contributed by atoms with Gasteiger partial charge in [-0.2, -0.15) is 0 Å². The predicted octanol–water partition coefficient (Wildman–Crippen LogP) is 1.64. The number of ether oxygens (including phenoxy) is 1. The first-order valence-electron chi connectivity index (χ1n) is 6.05. The molecule has 2 rings (SSSR count). The Morgan fingerprint density at radius 3 is 2.78 bits per heavy atom. The van der Waals surface area contributed by atoms with Crippen molar-refractivity contribution in [3.05, 3.63) is 35.4 Å². The van der Waals surface area contributed by atoms with E-state index >= 15 is 0 Å². The summed E-state index contributed by atoms with van der Waals surface area (Å²) in [7, 11) is 1.71. The molecule has 0 N–H and O–H groups in total. The van der Waals surface area contributed by atoms with E-state index in [0.29, 0.717) is 18.5 Å². The lowest BCUT2D eigenvalue weighted by molar-refractivity contribution is -0.149. The Balaban J connectivity index is 2.35. The normalized spacial score (nSPS) is 22.1. The Bertz CT molecular complexity index is 498. The molecule has 1 unspecified atom stereocenters. The number of carbonyl (C=O) groups is 2. The van der Waals surface area contributed by atoms with E-state index in [2.05, 4.69) is 0 Å². The number of fused-ring (bicyclic) bond motifs is 1. The number of benzene rings is 1. The minimum atomic E-state index is -1.09. The number of nitrogens with zero attached hydrogens (tertiary/aromatic N) is 1. The molecule has 1 aromatic carbocycles. The van der Waals surface area contributed by atoms with E-state index in [1.807, 2.05) is 19.1 Å². The van der Waals surface area contributed by atoms with Crippen LogP contribution in [0.15, 0.2) is 24.3 Å². The summed E-state index contributed by atoms with van der Waals surface area (Å²) in [5, 5.41) is 0. The summed E-state index contributed by atoms with van der Waals surface area (Å²) in [4.78, 5) is 25.7. The topological polar surface area (TPSA) is 46.6 Å². The van der Waals surface area contributed by atoms with Gasteiger partial charge in [0.15, 0.2) is 5.60 Å². The highest BCUT2D eigenvalue weighted by Gasteiger charge is 2.43. The first-order valence-corrected chi connectivity index (χ1v) is 6.05. The Morgan fingerprint density at radius 1 is 1.44 bits per heavy atom. The van der Waals surface area contributed by atoms with Gasteiger partial charge in [0, 0.05) is 20.0 Å². The van der Waals surface area contributed by atoms with E-state index in [-0.39, 0.29) is 5.91 Å². The SMILES string of the molecule is CCN(C)C(=O)C1(C)Cc2ccccc2C(=O)O1. The number of carbonyl (C=O) groups excluding carboxylic acids is 2. The lowest BCUT2D eigenvalue weighted by Crippen LogP contribution is -2.52. The molecule has 0 aliphatic carbocycles. The van der Waals surface area contributed by atoms with Crippen molar-refractivity contribution < 1.29 is 14.3 Å². The molecular weight excluding hydrogens is 230 g/mol. The molecule has 96 valence electrons. The van der Waals surface area contributed by atoms with Crippen LogP contribution >= 0.6 is 0 Å². The smallest absolute Gasteiger partial charge is 0.339 e. The van der Waals surface area contributed by atoms with Crippen LogP contribution < -0.4 is 0 Å². The Hall–Kier alpha value is -1.84. The Morgan fingerprint density at radius 2 is 2.11 bits per heavy atom. The lowest BCUT2D eigenvalue weighted by Gasteiger charge is -2.35. The zero-order chi connectivity index (χ0) is 13.3. The maximum atomic E-state index is 12.3. The van der Waals surface area contributed by atoms with Crippen LogP contribution in [0.25, 0.3) is 0 Å². The standard InChI is InChI=1S/C14H17NO3/c1-4-15(3)13(17)14(2)9-10-7-5-6-8-11(10)12(16)18-14/h5-8H,4,9H2,1-3H3. The summed E-state index contributed by atoms with van der Waals surface area (Å²) >= 11 is 0. The largest absolute Gasteiger partial charge is 0.445 e. The highest BCUT2D eigenvalue weighted by Crippen LogP contribution is 2.29.